The zero-order valence-electron chi connectivity index (χ0n) is 17.4. The van der Waals surface area contributed by atoms with Crippen LogP contribution in [0.15, 0.2) is 107 Å². The lowest BCUT2D eigenvalue weighted by Gasteiger charge is -2.09. The summed E-state index contributed by atoms with van der Waals surface area (Å²) in [5.41, 5.74) is 5.63. The minimum Gasteiger partial charge on any atom is -0.309 e. The SMILES string of the molecule is C=NC(=NCC(/C=C\C)=C/C)c1ccc(-n2c3ccccc3c3ccccc32)cc1. The molecule has 1 aromatic heterocycles. The first kappa shape index (κ1) is 19.6. The van der Waals surface area contributed by atoms with E-state index in [4.69, 9.17) is 0 Å². The Labute approximate surface area is 177 Å². The minimum atomic E-state index is 0.587. The van der Waals surface area contributed by atoms with Crippen molar-refractivity contribution >= 4 is 34.4 Å². The lowest BCUT2D eigenvalue weighted by molar-refractivity contribution is 1.16. The Kier molecular flexibility index (Phi) is 5.71. The van der Waals surface area contributed by atoms with Crippen LogP contribution in [0.2, 0.25) is 0 Å². The molecule has 4 rings (SSSR count). The van der Waals surface area contributed by atoms with Crippen molar-refractivity contribution in [2.24, 2.45) is 9.98 Å². The van der Waals surface area contributed by atoms with Gasteiger partial charge in [-0.15, -0.1) is 0 Å². The topological polar surface area (TPSA) is 29.6 Å². The van der Waals surface area contributed by atoms with Gasteiger partial charge in [0.2, 0.25) is 0 Å². The first-order chi connectivity index (χ1) is 14.8. The summed E-state index contributed by atoms with van der Waals surface area (Å²) in [6, 6.07) is 25.4. The van der Waals surface area contributed by atoms with Crippen LogP contribution in [0.1, 0.15) is 19.4 Å². The highest BCUT2D eigenvalue weighted by atomic mass is 15.0. The maximum absolute atomic E-state index is 4.66. The Hall–Kier alpha value is -3.72. The van der Waals surface area contributed by atoms with Gasteiger partial charge in [-0.2, -0.15) is 0 Å². The lowest BCUT2D eigenvalue weighted by Crippen LogP contribution is -2.01. The van der Waals surface area contributed by atoms with E-state index in [9.17, 15) is 0 Å². The maximum Gasteiger partial charge on any atom is 0.154 e. The molecule has 3 aromatic carbocycles. The summed E-state index contributed by atoms with van der Waals surface area (Å²) in [7, 11) is 0. The number of benzene rings is 3. The van der Waals surface area contributed by atoms with E-state index in [2.05, 4.69) is 106 Å². The van der Waals surface area contributed by atoms with Crippen molar-refractivity contribution in [3.63, 3.8) is 0 Å². The van der Waals surface area contributed by atoms with E-state index in [1.165, 1.54) is 21.8 Å². The molecule has 0 aliphatic heterocycles. The van der Waals surface area contributed by atoms with E-state index in [1.54, 1.807) is 0 Å². The monoisotopic (exact) mass is 391 g/mol. The van der Waals surface area contributed by atoms with Gasteiger partial charge in [0, 0.05) is 22.0 Å². The van der Waals surface area contributed by atoms with Gasteiger partial charge in [0.25, 0.3) is 0 Å². The third-order valence-electron chi connectivity index (χ3n) is 5.28. The second-order valence-corrected chi connectivity index (χ2v) is 7.08. The Bertz CT molecular complexity index is 1230. The molecular weight excluding hydrogens is 366 g/mol. The standard InChI is InChI=1S/C27H25N3/c1-4-10-20(5-2)19-29-27(28-3)21-15-17-22(18-16-21)30-25-13-8-6-11-23(25)24-12-7-9-14-26(24)30/h4-18H,3,19H2,1-2H3/b10-4-,20-5+,29-27?. The van der Waals surface area contributed by atoms with Gasteiger partial charge in [0.15, 0.2) is 5.84 Å². The van der Waals surface area contributed by atoms with Crippen molar-refractivity contribution in [3.8, 4) is 5.69 Å². The van der Waals surface area contributed by atoms with E-state index in [-0.39, 0.29) is 0 Å². The molecular formula is C27H25N3. The summed E-state index contributed by atoms with van der Waals surface area (Å²) in [6.45, 7) is 8.33. The third kappa shape index (κ3) is 3.62. The number of amidine groups is 1. The van der Waals surface area contributed by atoms with Crippen molar-refractivity contribution < 1.29 is 0 Å². The maximum atomic E-state index is 4.66. The summed E-state index contributed by atoms with van der Waals surface area (Å²) >= 11 is 0. The zero-order chi connectivity index (χ0) is 20.9. The predicted molar refractivity (Wildman–Crippen MR) is 130 cm³/mol. The van der Waals surface area contributed by atoms with Gasteiger partial charge in [-0.25, -0.2) is 4.99 Å². The first-order valence-electron chi connectivity index (χ1n) is 10.1. The third-order valence-corrected chi connectivity index (χ3v) is 5.28. The van der Waals surface area contributed by atoms with Crippen LogP contribution in [0.3, 0.4) is 0 Å². The molecule has 0 bridgehead atoms. The summed E-state index contributed by atoms with van der Waals surface area (Å²) in [5, 5.41) is 2.52. The number of para-hydroxylation sites is 2. The normalized spacial score (nSPS) is 12.9. The van der Waals surface area contributed by atoms with E-state index < -0.39 is 0 Å². The van der Waals surface area contributed by atoms with Crippen LogP contribution in [0, 0.1) is 0 Å². The van der Waals surface area contributed by atoms with E-state index >= 15 is 0 Å². The quantitative estimate of drug-likeness (QED) is 0.204. The summed E-state index contributed by atoms with van der Waals surface area (Å²) < 4.78 is 2.30. The van der Waals surface area contributed by atoms with Gasteiger partial charge < -0.3 is 4.57 Å². The van der Waals surface area contributed by atoms with Crippen molar-refractivity contribution in [1.82, 2.24) is 4.57 Å². The second kappa shape index (κ2) is 8.75. The van der Waals surface area contributed by atoms with E-state index in [0.29, 0.717) is 12.4 Å². The van der Waals surface area contributed by atoms with E-state index in [0.717, 1.165) is 16.8 Å². The van der Waals surface area contributed by atoms with E-state index in [1.807, 2.05) is 19.9 Å². The molecule has 0 saturated carbocycles. The minimum absolute atomic E-state index is 0.587. The fourth-order valence-electron chi connectivity index (χ4n) is 3.81. The van der Waals surface area contributed by atoms with Crippen LogP contribution in [0.4, 0.5) is 0 Å². The molecule has 0 saturated heterocycles. The van der Waals surface area contributed by atoms with Crippen LogP contribution < -0.4 is 0 Å². The molecule has 0 spiro atoms. The van der Waals surface area contributed by atoms with Gasteiger partial charge in [-0.05, 0) is 62.5 Å². The molecule has 3 heteroatoms. The van der Waals surface area contributed by atoms with Gasteiger partial charge in [-0.1, -0.05) is 54.6 Å². The number of nitrogens with zero attached hydrogens (tertiary/aromatic N) is 3. The fourth-order valence-corrected chi connectivity index (χ4v) is 3.81. The molecule has 0 amide bonds. The van der Waals surface area contributed by atoms with Crippen LogP contribution in [-0.2, 0) is 0 Å². The highest BCUT2D eigenvalue weighted by molar-refractivity contribution is 6.09. The predicted octanol–water partition coefficient (Wildman–Crippen LogP) is 6.75. The molecule has 0 radical (unpaired) electrons. The highest BCUT2D eigenvalue weighted by Crippen LogP contribution is 2.31. The summed E-state index contributed by atoms with van der Waals surface area (Å²) in [6.07, 6.45) is 6.15. The Morgan fingerprint density at radius 2 is 1.47 bits per heavy atom. The highest BCUT2D eigenvalue weighted by Gasteiger charge is 2.11. The second-order valence-electron chi connectivity index (χ2n) is 7.08. The number of fused-ring (bicyclic) bond motifs is 3. The average molecular weight is 392 g/mol. The van der Waals surface area contributed by atoms with Crippen molar-refractivity contribution in [2.45, 2.75) is 13.8 Å². The molecule has 0 aliphatic carbocycles. The zero-order valence-corrected chi connectivity index (χ0v) is 17.4. The van der Waals surface area contributed by atoms with Gasteiger partial charge >= 0.3 is 0 Å². The molecule has 0 fully saturated rings. The Morgan fingerprint density at radius 3 is 2.00 bits per heavy atom. The van der Waals surface area contributed by atoms with Crippen LogP contribution in [0.25, 0.3) is 27.5 Å². The number of aliphatic imine (C=N–C) groups is 2. The molecule has 30 heavy (non-hydrogen) atoms. The van der Waals surface area contributed by atoms with Crippen LogP contribution >= 0.6 is 0 Å². The molecule has 3 nitrogen and oxygen atoms in total. The number of aromatic nitrogens is 1. The largest absolute Gasteiger partial charge is 0.309 e. The van der Waals surface area contributed by atoms with Crippen molar-refractivity contribution in [1.29, 1.82) is 0 Å². The van der Waals surface area contributed by atoms with Crippen LogP contribution in [0.5, 0.6) is 0 Å². The van der Waals surface area contributed by atoms with Gasteiger partial charge in [0.1, 0.15) is 0 Å². The summed E-state index contributed by atoms with van der Waals surface area (Å²) in [4.78, 5) is 8.81. The Morgan fingerprint density at radius 1 is 0.867 bits per heavy atom. The number of hydrogen-bond acceptors (Lipinski definition) is 1. The lowest BCUT2D eigenvalue weighted by atomic mass is 10.1. The molecule has 0 N–H and O–H groups in total. The van der Waals surface area contributed by atoms with Crippen molar-refractivity contribution in [2.75, 3.05) is 6.54 Å². The molecule has 0 unspecified atom stereocenters. The molecule has 4 aromatic rings. The first-order valence-corrected chi connectivity index (χ1v) is 10.1. The smallest absolute Gasteiger partial charge is 0.154 e. The fraction of sp³-hybridized carbons (Fsp3) is 0.111. The molecule has 0 atom stereocenters. The Balaban J connectivity index is 1.74. The van der Waals surface area contributed by atoms with Crippen LogP contribution in [-0.4, -0.2) is 23.7 Å². The number of hydrogen-bond donors (Lipinski definition) is 0. The van der Waals surface area contributed by atoms with Gasteiger partial charge in [0.05, 0.1) is 17.6 Å². The molecule has 1 heterocycles. The molecule has 148 valence electrons. The average Bonchev–Trinajstić information content (AvgIpc) is 3.13. The summed E-state index contributed by atoms with van der Waals surface area (Å²) in [5.74, 6) is 0.660. The number of allylic oxidation sites excluding steroid dienone is 2. The molecule has 0 aliphatic rings. The van der Waals surface area contributed by atoms with Gasteiger partial charge in [-0.3, -0.25) is 4.99 Å². The number of rotatable bonds is 5. The van der Waals surface area contributed by atoms with Crippen molar-refractivity contribution in [3.05, 3.63) is 102 Å².